The number of ether oxygens (including phenoxy) is 4. The SMILES string of the molecule is CCc1c(F)cc(C(=O)OC(C)(C)C)cc1F.COc1cc(-n2c(C(C)(C)c3ccc(Cl)c(Cl)c3)c[nH]c2=S)ccc1F.COc1cc(-n2c(C(C)(C)c3ccc(Cl)c(Cl)c3)cnc2SCc2c(F)cc(C(=O)OC(C)(C)C)cc2F)ccc1F.O=CO[O-].[H-].[K+].[K+]. The van der Waals surface area contributed by atoms with Gasteiger partial charge in [0.25, 0.3) is 6.47 Å². The number of aromatic nitrogens is 4. The molecule has 0 bridgehead atoms. The number of nitrogens with one attached hydrogen (secondary N) is 1. The summed E-state index contributed by atoms with van der Waals surface area (Å²) >= 11 is 31.2. The second kappa shape index (κ2) is 35.3. The van der Waals surface area contributed by atoms with E-state index in [0.717, 1.165) is 52.8 Å². The summed E-state index contributed by atoms with van der Waals surface area (Å²) in [7, 11) is 2.79. The van der Waals surface area contributed by atoms with E-state index in [1.54, 1.807) is 95.6 Å². The van der Waals surface area contributed by atoms with Gasteiger partial charge in [-0.05, 0) is 144 Å². The molecule has 0 radical (unpaired) electrons. The van der Waals surface area contributed by atoms with E-state index in [-0.39, 0.29) is 157 Å². The monoisotopic (exact) mass is 1430 g/mol. The third-order valence-electron chi connectivity index (χ3n) is 13.1. The Labute approximate surface area is 640 Å². The number of rotatable bonds is 15. The van der Waals surface area contributed by atoms with Gasteiger partial charge in [-0.3, -0.25) is 13.9 Å². The van der Waals surface area contributed by atoms with E-state index >= 15 is 8.78 Å². The number of thioether (sulfide) groups is 1. The molecule has 0 saturated carbocycles. The number of methoxy groups -OCH3 is 2. The molecular formula is C64H64Cl4F6K2N4O9S2. The summed E-state index contributed by atoms with van der Waals surface area (Å²) in [6.45, 7) is 19.6. The summed E-state index contributed by atoms with van der Waals surface area (Å²) in [5, 5.41) is 10.6. The minimum Gasteiger partial charge on any atom is -1.00 e. The molecule has 13 nitrogen and oxygen atoms in total. The van der Waals surface area contributed by atoms with Gasteiger partial charge in [0.1, 0.15) is 34.5 Å². The quantitative estimate of drug-likeness (QED) is 0.0152. The van der Waals surface area contributed by atoms with E-state index in [2.05, 4.69) is 28.7 Å². The molecule has 0 spiro atoms. The van der Waals surface area contributed by atoms with Crippen LogP contribution in [-0.4, -0.2) is 62.9 Å². The summed E-state index contributed by atoms with van der Waals surface area (Å²) < 4.78 is 110. The minimum atomic E-state index is -0.888. The van der Waals surface area contributed by atoms with Crippen LogP contribution in [0.4, 0.5) is 26.3 Å². The molecule has 8 aromatic rings. The van der Waals surface area contributed by atoms with Gasteiger partial charge in [-0.2, -0.15) is 0 Å². The first kappa shape index (κ1) is 81.5. The molecule has 0 aliphatic carbocycles. The van der Waals surface area contributed by atoms with E-state index in [4.69, 9.17) is 87.6 Å². The third-order valence-corrected chi connectivity index (χ3v) is 15.9. The van der Waals surface area contributed by atoms with Crippen LogP contribution in [0.1, 0.15) is 132 Å². The molecule has 0 saturated heterocycles. The van der Waals surface area contributed by atoms with E-state index in [9.17, 15) is 27.2 Å². The third kappa shape index (κ3) is 21.6. The maximum absolute atomic E-state index is 15.1. The Morgan fingerprint density at radius 1 is 0.604 bits per heavy atom. The average Bonchev–Trinajstić information content (AvgIpc) is 1.56. The van der Waals surface area contributed by atoms with Crippen LogP contribution in [0.25, 0.3) is 11.4 Å². The van der Waals surface area contributed by atoms with Crippen LogP contribution in [0.3, 0.4) is 0 Å². The fraction of sp³-hybridized carbons (Fsp3) is 0.297. The Hall–Kier alpha value is -3.71. The van der Waals surface area contributed by atoms with Crippen molar-refractivity contribution in [2.45, 2.75) is 116 Å². The maximum Gasteiger partial charge on any atom is 1.00 e. The molecule has 0 amide bonds. The van der Waals surface area contributed by atoms with Crippen molar-refractivity contribution >= 4 is 88.8 Å². The van der Waals surface area contributed by atoms with E-state index in [1.807, 2.05) is 42.8 Å². The fourth-order valence-electron chi connectivity index (χ4n) is 8.58. The molecular weight excluding hydrogens is 1370 g/mol. The number of esters is 2. The van der Waals surface area contributed by atoms with Crippen LogP contribution < -0.4 is 118 Å². The van der Waals surface area contributed by atoms with Crippen molar-refractivity contribution in [1.82, 2.24) is 19.1 Å². The number of halogens is 10. The summed E-state index contributed by atoms with van der Waals surface area (Å²) in [5.41, 5.74) is 1.42. The molecule has 0 aliphatic rings. The molecule has 6 aromatic carbocycles. The summed E-state index contributed by atoms with van der Waals surface area (Å²) in [6, 6.07) is 23.8. The van der Waals surface area contributed by atoms with Gasteiger partial charge in [0, 0.05) is 46.0 Å². The number of benzene rings is 6. The predicted octanol–water partition coefficient (Wildman–Crippen LogP) is 11.5. The standard InChI is InChI=1S/C31H29Cl2F3N2O3S.C19H17Cl2FN2OS.C13H16F2O2.CH2O3.2K.H/c1-30(2,3)41-28(39)17-11-24(35)20(25(36)12-17)16-42-29-37-15-27(31(4,5)18-7-9-21(32)22(33)13-18)38(29)19-8-10-23(34)26(14-19)40-6;1-19(2,11-4-6-13(20)14(21)8-11)17-10-23-18(26)24(17)12-5-7-15(22)16(9-12)25-3;1-5-9-10(14)6-8(7-11(9)15)12(16)17-13(2,3)4;2-1-4-3;;;/h7-15H,16H2,1-6H3;4-10H,1-3H3,(H,23,26);6-7H,5H2,1-4H3;1,3H;;;/q;;;;2*+1;-1/p-1. The summed E-state index contributed by atoms with van der Waals surface area (Å²) in [4.78, 5) is 42.9. The van der Waals surface area contributed by atoms with Crippen LogP contribution in [0.2, 0.25) is 20.1 Å². The Balaban J connectivity index is 0.000000491. The van der Waals surface area contributed by atoms with E-state index in [1.165, 1.54) is 32.4 Å². The number of nitrogens with zero attached hydrogens (tertiary/aromatic N) is 3. The molecule has 91 heavy (non-hydrogen) atoms. The summed E-state index contributed by atoms with van der Waals surface area (Å²) in [6.07, 6.45) is 3.74. The van der Waals surface area contributed by atoms with Crippen molar-refractivity contribution in [1.29, 1.82) is 0 Å². The van der Waals surface area contributed by atoms with Crippen LogP contribution in [0, 0.1) is 39.7 Å². The topological polar surface area (TPSA) is 159 Å². The largest absolute Gasteiger partial charge is 1.00 e. The number of hydrogen-bond acceptors (Lipinski definition) is 12. The minimum absolute atomic E-state index is 0. The Morgan fingerprint density at radius 2 is 1.00 bits per heavy atom. The van der Waals surface area contributed by atoms with Crippen molar-refractivity contribution in [3.05, 3.63) is 214 Å². The Kier molecular flexibility index (Phi) is 31.7. The zero-order chi connectivity index (χ0) is 66.7. The molecule has 27 heteroatoms. The first-order valence-corrected chi connectivity index (χ1v) is 29.7. The van der Waals surface area contributed by atoms with Gasteiger partial charge in [0.15, 0.2) is 33.1 Å². The fourth-order valence-corrected chi connectivity index (χ4v) is 10.4. The van der Waals surface area contributed by atoms with E-state index in [0.29, 0.717) is 47.1 Å². The number of aromatic amines is 1. The van der Waals surface area contributed by atoms with Gasteiger partial charge in [-0.1, -0.05) is 105 Å². The number of hydrogen-bond donors (Lipinski definition) is 1. The van der Waals surface area contributed by atoms with Crippen molar-refractivity contribution in [3.8, 4) is 22.9 Å². The van der Waals surface area contributed by atoms with Crippen LogP contribution in [0.15, 0.2) is 115 Å². The van der Waals surface area contributed by atoms with Crippen LogP contribution in [0.5, 0.6) is 11.5 Å². The second-order valence-electron chi connectivity index (χ2n) is 22.4. The molecule has 2 aromatic heterocycles. The molecule has 0 fully saturated rings. The van der Waals surface area contributed by atoms with Crippen LogP contribution in [-0.2, 0) is 42.2 Å². The van der Waals surface area contributed by atoms with Gasteiger partial charge in [0.2, 0.25) is 0 Å². The number of carbonyl (C=O) groups excluding carboxylic acids is 3. The van der Waals surface area contributed by atoms with Crippen molar-refractivity contribution < 1.29 is 174 Å². The Bertz CT molecular complexity index is 3900. The number of carbonyl (C=O) groups is 3. The molecule has 0 unspecified atom stereocenters. The van der Waals surface area contributed by atoms with Crippen molar-refractivity contribution in [3.63, 3.8) is 0 Å². The van der Waals surface area contributed by atoms with Gasteiger partial charge in [-0.25, -0.2) is 40.9 Å². The van der Waals surface area contributed by atoms with Gasteiger partial charge in [-0.15, -0.1) is 0 Å². The van der Waals surface area contributed by atoms with Gasteiger partial charge in [0.05, 0.1) is 74.4 Å². The summed E-state index contributed by atoms with van der Waals surface area (Å²) in [5.74, 6) is -5.70. The smallest absolute Gasteiger partial charge is 1.00 e. The van der Waals surface area contributed by atoms with Crippen molar-refractivity contribution in [2.75, 3.05) is 14.2 Å². The number of imidazole rings is 2. The van der Waals surface area contributed by atoms with Gasteiger partial charge < -0.3 is 35.5 Å². The first-order chi connectivity index (χ1) is 41.5. The molecule has 0 aliphatic heterocycles. The maximum atomic E-state index is 15.1. The Morgan fingerprint density at radius 3 is 1.37 bits per heavy atom. The normalized spacial score (nSPS) is 11.2. The molecule has 8 rings (SSSR count). The molecule has 0 atom stereocenters. The zero-order valence-corrected chi connectivity index (χ0v) is 63.4. The molecule has 1 N–H and O–H groups in total. The molecule has 478 valence electrons. The number of H-pyrrole nitrogens is 1. The second-order valence-corrected chi connectivity index (χ2v) is 25.4. The average molecular weight is 1430 g/mol. The predicted molar refractivity (Wildman–Crippen MR) is 335 cm³/mol. The zero-order valence-electron chi connectivity index (χ0n) is 53.5. The van der Waals surface area contributed by atoms with E-state index < -0.39 is 68.9 Å². The van der Waals surface area contributed by atoms with Crippen LogP contribution >= 0.6 is 70.4 Å². The van der Waals surface area contributed by atoms with Crippen molar-refractivity contribution in [2.24, 2.45) is 0 Å². The first-order valence-electron chi connectivity index (χ1n) is 26.8. The van der Waals surface area contributed by atoms with Gasteiger partial charge >= 0.3 is 115 Å². The molecule has 2 heterocycles.